The number of halogens is 3. The summed E-state index contributed by atoms with van der Waals surface area (Å²) in [5.74, 6) is -1.77. The van der Waals surface area contributed by atoms with Crippen molar-refractivity contribution in [2.45, 2.75) is 0 Å². The van der Waals surface area contributed by atoms with E-state index in [0.29, 0.717) is 0 Å². The zero-order valence-electron chi connectivity index (χ0n) is 6.80. The van der Waals surface area contributed by atoms with Crippen LogP contribution in [0.25, 0.3) is 6.08 Å². The van der Waals surface area contributed by atoms with Crippen LogP contribution in [0.2, 0.25) is 10.0 Å². The molecule has 0 bridgehead atoms. The first-order chi connectivity index (χ1) is 6.50. The van der Waals surface area contributed by atoms with Crippen molar-refractivity contribution in [3.05, 3.63) is 39.6 Å². The molecule has 0 radical (unpaired) electrons. The summed E-state index contributed by atoms with van der Waals surface area (Å²) in [7, 11) is 0. The van der Waals surface area contributed by atoms with E-state index in [0.717, 1.165) is 18.2 Å². The largest absolute Gasteiger partial charge is 0.478 e. The van der Waals surface area contributed by atoms with Gasteiger partial charge in [-0.1, -0.05) is 23.2 Å². The zero-order chi connectivity index (χ0) is 10.7. The van der Waals surface area contributed by atoms with Crippen LogP contribution in [0.15, 0.2) is 18.2 Å². The van der Waals surface area contributed by atoms with Gasteiger partial charge in [0.25, 0.3) is 0 Å². The van der Waals surface area contributed by atoms with Gasteiger partial charge in [-0.25, -0.2) is 9.18 Å². The molecule has 74 valence electrons. The third-order valence-corrected chi connectivity index (χ3v) is 2.17. The smallest absolute Gasteiger partial charge is 0.328 e. The van der Waals surface area contributed by atoms with Gasteiger partial charge < -0.3 is 5.11 Å². The van der Waals surface area contributed by atoms with Crippen LogP contribution in [0, 0.1) is 5.82 Å². The van der Waals surface area contributed by atoms with E-state index >= 15 is 0 Å². The molecule has 0 heterocycles. The van der Waals surface area contributed by atoms with Crippen molar-refractivity contribution in [3.63, 3.8) is 0 Å². The van der Waals surface area contributed by atoms with Crippen molar-refractivity contribution in [2.24, 2.45) is 0 Å². The highest BCUT2D eigenvalue weighted by molar-refractivity contribution is 6.42. The van der Waals surface area contributed by atoms with Gasteiger partial charge in [0.2, 0.25) is 0 Å². The summed E-state index contributed by atoms with van der Waals surface area (Å²) in [4.78, 5) is 10.2. The third kappa shape index (κ3) is 2.72. The zero-order valence-corrected chi connectivity index (χ0v) is 8.31. The van der Waals surface area contributed by atoms with Crippen LogP contribution in [-0.4, -0.2) is 11.1 Å². The Morgan fingerprint density at radius 1 is 1.36 bits per heavy atom. The molecule has 0 saturated carbocycles. The van der Waals surface area contributed by atoms with Gasteiger partial charge in [-0.15, -0.1) is 0 Å². The SMILES string of the molecule is O=C(O)C=Cc1cc(Cl)c(Cl)cc1F. The Bertz CT molecular complexity index is 402. The lowest BCUT2D eigenvalue weighted by Gasteiger charge is -1.99. The van der Waals surface area contributed by atoms with E-state index in [1.807, 2.05) is 0 Å². The number of benzene rings is 1. The molecule has 1 aromatic rings. The molecule has 0 atom stereocenters. The van der Waals surface area contributed by atoms with Crippen molar-refractivity contribution in [1.29, 1.82) is 0 Å². The minimum absolute atomic E-state index is 0.0850. The fraction of sp³-hybridized carbons (Fsp3) is 0. The molecule has 0 aliphatic carbocycles. The quantitative estimate of drug-likeness (QED) is 0.631. The molecule has 0 aliphatic rings. The van der Waals surface area contributed by atoms with E-state index in [9.17, 15) is 9.18 Å². The van der Waals surface area contributed by atoms with E-state index in [1.165, 1.54) is 6.07 Å². The van der Waals surface area contributed by atoms with Gasteiger partial charge in [-0.3, -0.25) is 0 Å². The van der Waals surface area contributed by atoms with Gasteiger partial charge in [-0.2, -0.15) is 0 Å². The summed E-state index contributed by atoms with van der Waals surface area (Å²) >= 11 is 11.2. The summed E-state index contributed by atoms with van der Waals surface area (Å²) in [6, 6.07) is 2.30. The highest BCUT2D eigenvalue weighted by atomic mass is 35.5. The van der Waals surface area contributed by atoms with Crippen molar-refractivity contribution in [3.8, 4) is 0 Å². The molecule has 14 heavy (non-hydrogen) atoms. The molecule has 1 N–H and O–H groups in total. The first-order valence-electron chi connectivity index (χ1n) is 3.56. The molecule has 0 amide bonds. The van der Waals surface area contributed by atoms with Crippen LogP contribution < -0.4 is 0 Å². The molecule has 2 nitrogen and oxygen atoms in total. The van der Waals surface area contributed by atoms with Gasteiger partial charge in [0, 0.05) is 11.6 Å². The van der Waals surface area contributed by atoms with Crippen molar-refractivity contribution in [2.75, 3.05) is 0 Å². The minimum atomic E-state index is -1.16. The maximum atomic E-state index is 13.1. The molecular weight excluding hydrogens is 230 g/mol. The van der Waals surface area contributed by atoms with Gasteiger partial charge >= 0.3 is 5.97 Å². The molecule has 0 fully saturated rings. The summed E-state index contributed by atoms with van der Waals surface area (Å²) in [5, 5.41) is 8.59. The van der Waals surface area contributed by atoms with E-state index in [2.05, 4.69) is 0 Å². The predicted octanol–water partition coefficient (Wildman–Crippen LogP) is 3.23. The number of carboxylic acids is 1. The Labute approximate surface area is 89.6 Å². The molecule has 0 aromatic heterocycles. The number of hydrogen-bond donors (Lipinski definition) is 1. The van der Waals surface area contributed by atoms with Gasteiger partial charge in [0.1, 0.15) is 5.82 Å². The van der Waals surface area contributed by atoms with E-state index in [4.69, 9.17) is 28.3 Å². The van der Waals surface area contributed by atoms with Gasteiger partial charge in [-0.05, 0) is 18.2 Å². The lowest BCUT2D eigenvalue weighted by atomic mass is 10.2. The number of hydrogen-bond acceptors (Lipinski definition) is 1. The second kappa shape index (κ2) is 4.44. The monoisotopic (exact) mass is 234 g/mol. The Balaban J connectivity index is 3.10. The number of carboxylic acid groups (broad SMARTS) is 1. The molecule has 1 aromatic carbocycles. The first-order valence-corrected chi connectivity index (χ1v) is 4.32. The molecule has 0 saturated heterocycles. The van der Waals surface area contributed by atoms with Crippen LogP contribution in [-0.2, 0) is 4.79 Å². The normalized spacial score (nSPS) is 10.8. The summed E-state index contributed by atoms with van der Waals surface area (Å²) in [6.45, 7) is 0. The van der Waals surface area contributed by atoms with Crippen LogP contribution in [0.3, 0.4) is 0 Å². The van der Waals surface area contributed by atoms with Crippen molar-refractivity contribution in [1.82, 2.24) is 0 Å². The van der Waals surface area contributed by atoms with Crippen LogP contribution >= 0.6 is 23.2 Å². The molecule has 1 rings (SSSR count). The Morgan fingerprint density at radius 3 is 2.50 bits per heavy atom. The Kier molecular flexibility index (Phi) is 3.49. The average molecular weight is 235 g/mol. The number of rotatable bonds is 2. The molecule has 0 aliphatic heterocycles. The second-order valence-electron chi connectivity index (χ2n) is 2.46. The summed E-state index contributed by atoms with van der Waals surface area (Å²) in [6.07, 6.45) is 1.93. The van der Waals surface area contributed by atoms with Crippen LogP contribution in [0.1, 0.15) is 5.56 Å². The lowest BCUT2D eigenvalue weighted by Crippen LogP contribution is -1.88. The van der Waals surface area contributed by atoms with E-state index < -0.39 is 11.8 Å². The molecular formula is C9H5Cl2FO2. The Morgan fingerprint density at radius 2 is 1.93 bits per heavy atom. The molecule has 5 heteroatoms. The predicted molar refractivity (Wildman–Crippen MR) is 53.1 cm³/mol. The number of aliphatic carboxylic acids is 1. The minimum Gasteiger partial charge on any atom is -0.478 e. The molecule has 0 spiro atoms. The third-order valence-electron chi connectivity index (χ3n) is 1.45. The topological polar surface area (TPSA) is 37.3 Å². The fourth-order valence-corrected chi connectivity index (χ4v) is 1.15. The van der Waals surface area contributed by atoms with E-state index in [-0.39, 0.29) is 15.6 Å². The Hall–Kier alpha value is -1.06. The van der Waals surface area contributed by atoms with E-state index in [1.54, 1.807) is 0 Å². The first kappa shape index (κ1) is 11.0. The van der Waals surface area contributed by atoms with Gasteiger partial charge in [0.15, 0.2) is 0 Å². The second-order valence-corrected chi connectivity index (χ2v) is 3.27. The highest BCUT2D eigenvalue weighted by Crippen LogP contribution is 2.25. The summed E-state index contributed by atoms with van der Waals surface area (Å²) in [5.41, 5.74) is 0.0850. The molecule has 0 unspecified atom stereocenters. The maximum Gasteiger partial charge on any atom is 0.328 e. The lowest BCUT2D eigenvalue weighted by molar-refractivity contribution is -0.131. The number of carbonyl (C=O) groups is 1. The van der Waals surface area contributed by atoms with Crippen molar-refractivity contribution < 1.29 is 14.3 Å². The summed E-state index contributed by atoms with van der Waals surface area (Å²) < 4.78 is 13.1. The highest BCUT2D eigenvalue weighted by Gasteiger charge is 2.04. The fourth-order valence-electron chi connectivity index (χ4n) is 0.827. The van der Waals surface area contributed by atoms with Crippen molar-refractivity contribution >= 4 is 35.2 Å². The van der Waals surface area contributed by atoms with Crippen LogP contribution in [0.4, 0.5) is 4.39 Å². The standard InChI is InChI=1S/C9H5Cl2FO2/c10-6-3-5(1-2-9(13)14)8(12)4-7(6)11/h1-4H,(H,13,14). The maximum absolute atomic E-state index is 13.1. The average Bonchev–Trinajstić information content (AvgIpc) is 2.09. The van der Waals surface area contributed by atoms with Crippen LogP contribution in [0.5, 0.6) is 0 Å². The van der Waals surface area contributed by atoms with Gasteiger partial charge in [0.05, 0.1) is 10.0 Å².